The molecule has 1 aliphatic heterocycles. The molecular weight excluding hydrogens is 248 g/mol. The first-order valence-electron chi connectivity index (χ1n) is 6.11. The highest BCUT2D eigenvalue weighted by atomic mass is 35.5. The average molecular weight is 267 g/mol. The summed E-state index contributed by atoms with van der Waals surface area (Å²) in [5, 5.41) is 3.55. The average Bonchev–Trinajstić information content (AvgIpc) is 2.53. The third-order valence-corrected chi connectivity index (χ3v) is 3.76. The van der Waals surface area contributed by atoms with Crippen LogP contribution in [0.5, 0.6) is 0 Å². The lowest BCUT2D eigenvalue weighted by Crippen LogP contribution is -2.27. The van der Waals surface area contributed by atoms with Gasteiger partial charge in [-0.1, -0.05) is 32.4 Å². The lowest BCUT2D eigenvalue weighted by atomic mass is 9.81. The van der Waals surface area contributed by atoms with Crippen molar-refractivity contribution in [1.82, 2.24) is 0 Å². The Morgan fingerprint density at radius 2 is 2.00 bits per heavy atom. The summed E-state index contributed by atoms with van der Waals surface area (Å²) in [4.78, 5) is 11.8. The number of carbonyl (C=O) groups is 1. The maximum absolute atomic E-state index is 11.8. The fourth-order valence-electron chi connectivity index (χ4n) is 2.22. The van der Waals surface area contributed by atoms with E-state index in [9.17, 15) is 4.79 Å². The van der Waals surface area contributed by atoms with Crippen molar-refractivity contribution in [1.29, 1.82) is 0 Å². The van der Waals surface area contributed by atoms with Gasteiger partial charge in [0.15, 0.2) is 0 Å². The minimum absolute atomic E-state index is 0.00891. The summed E-state index contributed by atoms with van der Waals surface area (Å²) in [6.45, 7) is 8.10. The third kappa shape index (κ3) is 2.13. The van der Waals surface area contributed by atoms with E-state index in [1.165, 1.54) is 0 Å². The molecule has 4 heteroatoms. The Morgan fingerprint density at radius 1 is 1.39 bits per heavy atom. The predicted molar refractivity (Wildman–Crippen MR) is 74.9 cm³/mol. The van der Waals surface area contributed by atoms with Crippen LogP contribution in [0.3, 0.4) is 0 Å². The highest BCUT2D eigenvalue weighted by molar-refractivity contribution is 6.31. The Labute approximate surface area is 113 Å². The summed E-state index contributed by atoms with van der Waals surface area (Å²) in [6, 6.07) is 3.53. The molecule has 18 heavy (non-hydrogen) atoms. The van der Waals surface area contributed by atoms with Crippen LogP contribution in [-0.2, 0) is 4.79 Å². The quantitative estimate of drug-likeness (QED) is 0.818. The maximum atomic E-state index is 11.8. The Bertz CT molecular complexity index is 505. The number of fused-ring (bicyclic) bond motifs is 1. The molecule has 0 spiro atoms. The maximum Gasteiger partial charge on any atom is 0.231 e. The van der Waals surface area contributed by atoms with Crippen molar-refractivity contribution in [3.63, 3.8) is 0 Å². The molecule has 0 saturated carbocycles. The Kier molecular flexibility index (Phi) is 3.16. The molecule has 0 fully saturated rings. The lowest BCUT2D eigenvalue weighted by molar-refractivity contribution is -0.116. The van der Waals surface area contributed by atoms with Gasteiger partial charge in [0.25, 0.3) is 0 Å². The van der Waals surface area contributed by atoms with Crippen molar-refractivity contribution in [2.75, 3.05) is 5.32 Å². The summed E-state index contributed by atoms with van der Waals surface area (Å²) in [7, 11) is 0. The van der Waals surface area contributed by atoms with Gasteiger partial charge in [-0.2, -0.15) is 0 Å². The van der Waals surface area contributed by atoms with E-state index >= 15 is 0 Å². The van der Waals surface area contributed by atoms with Gasteiger partial charge in [0, 0.05) is 16.8 Å². The Balaban J connectivity index is 2.58. The van der Waals surface area contributed by atoms with Crippen LogP contribution in [0.15, 0.2) is 12.1 Å². The van der Waals surface area contributed by atoms with Crippen LogP contribution in [0.25, 0.3) is 0 Å². The van der Waals surface area contributed by atoms with Crippen LogP contribution in [0.4, 0.5) is 5.69 Å². The molecule has 1 aromatic rings. The van der Waals surface area contributed by atoms with Crippen molar-refractivity contribution in [3.8, 4) is 0 Å². The normalized spacial score (nSPS) is 20.6. The van der Waals surface area contributed by atoms with Gasteiger partial charge in [-0.05, 0) is 35.6 Å². The molecule has 0 radical (unpaired) electrons. The van der Waals surface area contributed by atoms with Crippen molar-refractivity contribution in [2.45, 2.75) is 39.7 Å². The summed E-state index contributed by atoms with van der Waals surface area (Å²) in [5.41, 5.74) is 8.92. The second-order valence-electron chi connectivity index (χ2n) is 6.01. The number of amides is 1. The highest BCUT2D eigenvalue weighted by Crippen LogP contribution is 2.43. The first kappa shape index (κ1) is 13.4. The number of anilines is 1. The number of hydrogen-bond donors (Lipinski definition) is 2. The van der Waals surface area contributed by atoms with Crippen molar-refractivity contribution in [2.24, 2.45) is 11.1 Å². The molecular formula is C14H19ClN2O. The molecule has 0 saturated heterocycles. The first-order chi connectivity index (χ1) is 8.21. The monoisotopic (exact) mass is 266 g/mol. The van der Waals surface area contributed by atoms with Gasteiger partial charge >= 0.3 is 0 Å². The molecule has 1 aliphatic rings. The van der Waals surface area contributed by atoms with Crippen molar-refractivity contribution in [3.05, 3.63) is 28.3 Å². The second kappa shape index (κ2) is 4.25. The van der Waals surface area contributed by atoms with E-state index < -0.39 is 0 Å². The summed E-state index contributed by atoms with van der Waals surface area (Å²) >= 11 is 6.14. The van der Waals surface area contributed by atoms with E-state index in [0.717, 1.165) is 16.8 Å². The van der Waals surface area contributed by atoms with Crippen LogP contribution in [0, 0.1) is 5.41 Å². The van der Waals surface area contributed by atoms with Gasteiger partial charge in [0.2, 0.25) is 5.91 Å². The van der Waals surface area contributed by atoms with E-state index in [1.54, 1.807) is 0 Å². The van der Waals surface area contributed by atoms with E-state index in [-0.39, 0.29) is 23.3 Å². The molecule has 1 aromatic carbocycles. The zero-order chi connectivity index (χ0) is 13.7. The van der Waals surface area contributed by atoms with Gasteiger partial charge in [0.05, 0.1) is 5.92 Å². The van der Waals surface area contributed by atoms with Crippen LogP contribution in [-0.4, -0.2) is 5.91 Å². The fourth-order valence-corrected chi connectivity index (χ4v) is 2.46. The largest absolute Gasteiger partial charge is 0.325 e. The van der Waals surface area contributed by atoms with Crippen LogP contribution in [0.1, 0.15) is 50.8 Å². The van der Waals surface area contributed by atoms with Gasteiger partial charge in [-0.3, -0.25) is 4.79 Å². The number of carbonyl (C=O) groups excluding carboxylic acids is 1. The van der Waals surface area contributed by atoms with Gasteiger partial charge in [0.1, 0.15) is 0 Å². The van der Waals surface area contributed by atoms with Gasteiger partial charge in [-0.25, -0.2) is 0 Å². The number of nitrogens with two attached hydrogens (primary N) is 1. The second-order valence-corrected chi connectivity index (χ2v) is 6.45. The molecule has 0 aliphatic carbocycles. The van der Waals surface area contributed by atoms with E-state index in [1.807, 2.05) is 19.1 Å². The topological polar surface area (TPSA) is 55.1 Å². The van der Waals surface area contributed by atoms with Gasteiger partial charge < -0.3 is 11.1 Å². The van der Waals surface area contributed by atoms with E-state index in [0.29, 0.717) is 5.02 Å². The predicted octanol–water partition coefficient (Wildman–Crippen LogP) is 3.44. The minimum Gasteiger partial charge on any atom is -0.325 e. The smallest absolute Gasteiger partial charge is 0.231 e. The minimum atomic E-state index is -0.171. The first-order valence-corrected chi connectivity index (χ1v) is 6.49. The standard InChI is InChI=1S/C14H19ClN2O/c1-7-9-5-8(15)6-10(11(9)17-13(7)18)12(16)14(2,3)4/h5-7,12H,16H2,1-4H3,(H,17,18). The van der Waals surface area contributed by atoms with Gasteiger partial charge in [-0.15, -0.1) is 0 Å². The summed E-state index contributed by atoms with van der Waals surface area (Å²) in [5.74, 6) is -0.153. The Morgan fingerprint density at radius 3 is 2.56 bits per heavy atom. The van der Waals surface area contributed by atoms with Crippen molar-refractivity contribution >= 4 is 23.2 Å². The fraction of sp³-hybridized carbons (Fsp3) is 0.500. The summed E-state index contributed by atoms with van der Waals surface area (Å²) < 4.78 is 0. The van der Waals surface area contributed by atoms with Crippen LogP contribution >= 0.6 is 11.6 Å². The van der Waals surface area contributed by atoms with Crippen LogP contribution in [0.2, 0.25) is 5.02 Å². The molecule has 98 valence electrons. The molecule has 1 heterocycles. The molecule has 0 aromatic heterocycles. The number of rotatable bonds is 1. The summed E-state index contributed by atoms with van der Waals surface area (Å²) in [6.07, 6.45) is 0. The highest BCUT2D eigenvalue weighted by Gasteiger charge is 2.33. The number of benzene rings is 1. The molecule has 2 unspecified atom stereocenters. The molecule has 3 nitrogen and oxygen atoms in total. The van der Waals surface area contributed by atoms with Crippen LogP contribution < -0.4 is 11.1 Å². The number of hydrogen-bond acceptors (Lipinski definition) is 2. The molecule has 1 amide bonds. The number of nitrogens with one attached hydrogen (secondary N) is 1. The molecule has 2 rings (SSSR count). The molecule has 2 atom stereocenters. The molecule has 0 bridgehead atoms. The number of halogens is 1. The zero-order valence-corrected chi connectivity index (χ0v) is 11.9. The SMILES string of the molecule is CC1C(=O)Nc2c1cc(Cl)cc2C(N)C(C)(C)C. The molecule has 3 N–H and O–H groups in total. The lowest BCUT2D eigenvalue weighted by Gasteiger charge is -2.29. The Hall–Kier alpha value is -1.06. The van der Waals surface area contributed by atoms with E-state index in [2.05, 4.69) is 26.1 Å². The third-order valence-electron chi connectivity index (χ3n) is 3.54. The van der Waals surface area contributed by atoms with Crippen molar-refractivity contribution < 1.29 is 4.79 Å². The zero-order valence-electron chi connectivity index (χ0n) is 11.2. The van der Waals surface area contributed by atoms with E-state index in [4.69, 9.17) is 17.3 Å².